The molecule has 1 aromatic carbocycles. The van der Waals surface area contributed by atoms with Crippen molar-refractivity contribution in [2.24, 2.45) is 0 Å². The van der Waals surface area contributed by atoms with Gasteiger partial charge in [-0.2, -0.15) is 0 Å². The zero-order valence-corrected chi connectivity index (χ0v) is 14.4. The molecule has 7 nitrogen and oxygen atoms in total. The Balaban J connectivity index is 1.51. The highest BCUT2D eigenvalue weighted by Crippen LogP contribution is 2.40. The Labute approximate surface area is 146 Å². The van der Waals surface area contributed by atoms with Crippen LogP contribution in [0.5, 0.6) is 5.75 Å². The van der Waals surface area contributed by atoms with E-state index in [4.69, 9.17) is 4.74 Å². The Kier molecular flexibility index (Phi) is 4.24. The Bertz CT molecular complexity index is 678. The second-order valence-electron chi connectivity index (χ2n) is 7.22. The molecule has 25 heavy (non-hydrogen) atoms. The fourth-order valence-electron chi connectivity index (χ4n) is 4.25. The molecule has 3 heterocycles. The van der Waals surface area contributed by atoms with E-state index in [0.717, 1.165) is 38.8 Å². The van der Waals surface area contributed by atoms with Gasteiger partial charge in [-0.15, -0.1) is 0 Å². The number of likely N-dealkylation sites (tertiary alicyclic amines) is 1. The molecule has 2 fully saturated rings. The number of benzene rings is 1. The van der Waals surface area contributed by atoms with Crippen LogP contribution in [0.25, 0.3) is 0 Å². The highest BCUT2D eigenvalue weighted by molar-refractivity contribution is 5.65. The summed E-state index contributed by atoms with van der Waals surface area (Å²) < 4.78 is 20.2. The highest BCUT2D eigenvalue weighted by atomic mass is 19.1. The van der Waals surface area contributed by atoms with E-state index in [1.807, 2.05) is 4.90 Å². The van der Waals surface area contributed by atoms with Gasteiger partial charge in [-0.05, 0) is 33.0 Å². The van der Waals surface area contributed by atoms with Gasteiger partial charge in [0.1, 0.15) is 12.3 Å². The lowest BCUT2D eigenvalue weighted by molar-refractivity contribution is -0.385. The first-order chi connectivity index (χ1) is 12.0. The zero-order chi connectivity index (χ0) is 17.6. The number of nitro benzene ring substituents is 1. The maximum Gasteiger partial charge on any atom is 0.276 e. The summed E-state index contributed by atoms with van der Waals surface area (Å²) >= 11 is 0. The SMILES string of the molecule is CN1CCC(N2CCN3c4c(F)cc([N+](=O)[O-])cc4OC[C@@H]3C2)CC1. The van der Waals surface area contributed by atoms with Crippen LogP contribution >= 0.6 is 0 Å². The van der Waals surface area contributed by atoms with Crippen molar-refractivity contribution in [2.75, 3.05) is 51.3 Å². The summed E-state index contributed by atoms with van der Waals surface area (Å²) in [6.07, 6.45) is 2.34. The average molecular weight is 350 g/mol. The van der Waals surface area contributed by atoms with Gasteiger partial charge in [0, 0.05) is 25.7 Å². The first-order valence-corrected chi connectivity index (χ1v) is 8.83. The molecule has 136 valence electrons. The van der Waals surface area contributed by atoms with Gasteiger partial charge < -0.3 is 14.5 Å². The summed E-state index contributed by atoms with van der Waals surface area (Å²) in [5.74, 6) is -0.280. The van der Waals surface area contributed by atoms with Crippen molar-refractivity contribution in [2.45, 2.75) is 24.9 Å². The number of hydrogen-bond acceptors (Lipinski definition) is 6. The van der Waals surface area contributed by atoms with E-state index >= 15 is 0 Å². The van der Waals surface area contributed by atoms with Gasteiger partial charge >= 0.3 is 0 Å². The third-order valence-corrected chi connectivity index (χ3v) is 5.66. The number of hydrogen-bond donors (Lipinski definition) is 0. The van der Waals surface area contributed by atoms with Crippen molar-refractivity contribution in [3.8, 4) is 5.75 Å². The predicted octanol–water partition coefficient (Wildman–Crippen LogP) is 1.71. The topological polar surface area (TPSA) is 62.1 Å². The smallest absolute Gasteiger partial charge is 0.276 e. The normalized spacial score (nSPS) is 25.2. The summed E-state index contributed by atoms with van der Waals surface area (Å²) in [5.41, 5.74) is 0.115. The molecule has 0 amide bonds. The fourth-order valence-corrected chi connectivity index (χ4v) is 4.25. The minimum atomic E-state index is -0.586. The quantitative estimate of drug-likeness (QED) is 0.598. The summed E-state index contributed by atoms with van der Waals surface area (Å²) in [7, 11) is 2.15. The molecule has 0 N–H and O–H groups in total. The van der Waals surface area contributed by atoms with Crippen LogP contribution in [0.15, 0.2) is 12.1 Å². The number of nitrogens with zero attached hydrogens (tertiary/aromatic N) is 4. The zero-order valence-electron chi connectivity index (χ0n) is 14.4. The molecule has 0 unspecified atom stereocenters. The van der Waals surface area contributed by atoms with Gasteiger partial charge in [0.15, 0.2) is 11.6 Å². The predicted molar refractivity (Wildman–Crippen MR) is 91.8 cm³/mol. The first kappa shape index (κ1) is 16.5. The largest absolute Gasteiger partial charge is 0.489 e. The van der Waals surface area contributed by atoms with Crippen molar-refractivity contribution < 1.29 is 14.1 Å². The number of ether oxygens (including phenoxy) is 1. The second kappa shape index (κ2) is 6.42. The molecule has 2 saturated heterocycles. The summed E-state index contributed by atoms with van der Waals surface area (Å²) in [6.45, 7) is 5.14. The van der Waals surface area contributed by atoms with Gasteiger partial charge in [0.05, 0.1) is 23.1 Å². The molecular formula is C17H23FN4O3. The summed E-state index contributed by atoms with van der Waals surface area (Å²) in [5, 5.41) is 10.9. The van der Waals surface area contributed by atoms with Crippen LogP contribution in [0.2, 0.25) is 0 Å². The third-order valence-electron chi connectivity index (χ3n) is 5.66. The van der Waals surface area contributed by atoms with Crippen molar-refractivity contribution in [3.05, 3.63) is 28.1 Å². The number of piperidine rings is 1. The number of piperazine rings is 1. The molecule has 0 saturated carbocycles. The van der Waals surface area contributed by atoms with E-state index in [-0.39, 0.29) is 17.5 Å². The van der Waals surface area contributed by atoms with Crippen molar-refractivity contribution in [3.63, 3.8) is 0 Å². The Morgan fingerprint density at radius 3 is 2.68 bits per heavy atom. The Hall–Kier alpha value is -1.93. The maximum absolute atomic E-state index is 14.5. The molecule has 1 aromatic rings. The van der Waals surface area contributed by atoms with Gasteiger partial charge in [-0.3, -0.25) is 15.0 Å². The lowest BCUT2D eigenvalue weighted by Gasteiger charge is -2.48. The molecule has 0 radical (unpaired) electrons. The van der Waals surface area contributed by atoms with Gasteiger partial charge in [-0.1, -0.05) is 0 Å². The molecule has 4 rings (SSSR count). The van der Waals surface area contributed by atoms with E-state index in [9.17, 15) is 14.5 Å². The van der Waals surface area contributed by atoms with Crippen LogP contribution in [0.1, 0.15) is 12.8 Å². The van der Waals surface area contributed by atoms with E-state index < -0.39 is 10.7 Å². The van der Waals surface area contributed by atoms with Crippen molar-refractivity contribution >= 4 is 11.4 Å². The standard InChI is InChI=1S/C17H23FN4O3/c1-19-4-2-12(3-5-19)20-6-7-21-14(10-20)11-25-16-9-13(22(23)24)8-15(18)17(16)21/h8-9,12,14H,2-7,10-11H2,1H3/t14-/m0/s1. The van der Waals surface area contributed by atoms with Crippen LogP contribution in [-0.2, 0) is 0 Å². The summed E-state index contributed by atoms with van der Waals surface area (Å²) in [4.78, 5) is 17.2. The lowest BCUT2D eigenvalue weighted by atomic mass is 10.00. The summed E-state index contributed by atoms with van der Waals surface area (Å²) in [6, 6.07) is 3.00. The molecule has 1 atom stereocenters. The molecular weight excluding hydrogens is 327 g/mol. The van der Waals surface area contributed by atoms with E-state index in [1.54, 1.807) is 0 Å². The highest BCUT2D eigenvalue weighted by Gasteiger charge is 2.38. The van der Waals surface area contributed by atoms with Crippen LogP contribution in [-0.4, -0.2) is 73.2 Å². The van der Waals surface area contributed by atoms with Crippen LogP contribution in [0.3, 0.4) is 0 Å². The number of fused-ring (bicyclic) bond motifs is 3. The molecule has 0 aromatic heterocycles. The Morgan fingerprint density at radius 2 is 1.96 bits per heavy atom. The molecule has 8 heteroatoms. The number of anilines is 1. The fraction of sp³-hybridized carbons (Fsp3) is 0.647. The van der Waals surface area contributed by atoms with E-state index in [2.05, 4.69) is 16.8 Å². The second-order valence-corrected chi connectivity index (χ2v) is 7.22. The van der Waals surface area contributed by atoms with E-state index in [0.29, 0.717) is 18.3 Å². The van der Waals surface area contributed by atoms with Gasteiger partial charge in [0.2, 0.25) is 0 Å². The molecule has 3 aliphatic heterocycles. The minimum absolute atomic E-state index is 0.0943. The lowest BCUT2D eigenvalue weighted by Crippen LogP contribution is -2.60. The van der Waals surface area contributed by atoms with Gasteiger partial charge in [0.25, 0.3) is 5.69 Å². The van der Waals surface area contributed by atoms with Crippen LogP contribution in [0.4, 0.5) is 15.8 Å². The molecule has 3 aliphatic rings. The third kappa shape index (κ3) is 3.04. The number of halogens is 1. The van der Waals surface area contributed by atoms with Crippen molar-refractivity contribution in [1.82, 2.24) is 9.80 Å². The number of non-ortho nitro benzene ring substituents is 1. The minimum Gasteiger partial charge on any atom is -0.489 e. The molecule has 0 spiro atoms. The first-order valence-electron chi connectivity index (χ1n) is 8.83. The number of nitro groups is 1. The molecule has 0 aliphatic carbocycles. The van der Waals surface area contributed by atoms with Crippen LogP contribution in [0, 0.1) is 15.9 Å². The average Bonchev–Trinajstić information content (AvgIpc) is 2.61. The van der Waals surface area contributed by atoms with Gasteiger partial charge in [-0.25, -0.2) is 4.39 Å². The monoisotopic (exact) mass is 350 g/mol. The van der Waals surface area contributed by atoms with Crippen LogP contribution < -0.4 is 9.64 Å². The van der Waals surface area contributed by atoms with E-state index in [1.165, 1.54) is 18.9 Å². The van der Waals surface area contributed by atoms with Crippen molar-refractivity contribution in [1.29, 1.82) is 0 Å². The Morgan fingerprint density at radius 1 is 1.20 bits per heavy atom. The maximum atomic E-state index is 14.5. The molecule has 0 bridgehead atoms. The number of rotatable bonds is 2.